The number of halogens is 1. The van der Waals surface area contributed by atoms with E-state index in [2.05, 4.69) is 17.1 Å². The molecule has 0 radical (unpaired) electrons. The van der Waals surface area contributed by atoms with Crippen LogP contribution in [0.25, 0.3) is 0 Å². The van der Waals surface area contributed by atoms with Crippen LogP contribution >= 0.6 is 0 Å². The van der Waals surface area contributed by atoms with E-state index >= 15 is 0 Å². The smallest absolute Gasteiger partial charge is 0.238 e. The molecular formula is C15H22FN3O. The molecule has 1 aromatic carbocycles. The number of nitrogens with one attached hydrogen (secondary N) is 1. The fraction of sp³-hybridized carbons (Fsp3) is 0.533. The molecule has 2 unspecified atom stereocenters. The molecule has 1 aliphatic rings. The minimum atomic E-state index is -0.406. The Hall–Kier alpha value is -1.46. The molecule has 0 saturated carbocycles. The number of benzene rings is 1. The van der Waals surface area contributed by atoms with Crippen molar-refractivity contribution in [2.24, 2.45) is 17.6 Å². The van der Waals surface area contributed by atoms with E-state index in [0.717, 1.165) is 19.5 Å². The number of para-hydroxylation sites is 1. The van der Waals surface area contributed by atoms with E-state index in [-0.39, 0.29) is 11.6 Å². The van der Waals surface area contributed by atoms with Gasteiger partial charge in [-0.1, -0.05) is 19.1 Å². The van der Waals surface area contributed by atoms with Gasteiger partial charge in [-0.05, 0) is 43.5 Å². The second kappa shape index (κ2) is 6.81. The lowest BCUT2D eigenvalue weighted by Gasteiger charge is -2.35. The molecule has 1 saturated heterocycles. The van der Waals surface area contributed by atoms with Gasteiger partial charge in [-0.3, -0.25) is 9.69 Å². The van der Waals surface area contributed by atoms with Crippen LogP contribution in [0.2, 0.25) is 0 Å². The largest absolute Gasteiger partial charge is 0.330 e. The molecule has 3 N–H and O–H groups in total. The van der Waals surface area contributed by atoms with Crippen molar-refractivity contribution in [3.05, 3.63) is 30.1 Å². The second-order valence-electron chi connectivity index (χ2n) is 5.52. The van der Waals surface area contributed by atoms with Crippen molar-refractivity contribution >= 4 is 11.6 Å². The molecule has 1 aromatic rings. The van der Waals surface area contributed by atoms with Gasteiger partial charge in [-0.15, -0.1) is 0 Å². The zero-order valence-corrected chi connectivity index (χ0v) is 11.8. The number of carbonyl (C=O) groups is 1. The number of amides is 1. The summed E-state index contributed by atoms with van der Waals surface area (Å²) in [6.45, 7) is 4.91. The fourth-order valence-electron chi connectivity index (χ4n) is 2.73. The molecule has 1 aliphatic heterocycles. The third kappa shape index (κ3) is 3.77. The molecule has 0 aromatic heterocycles. The Labute approximate surface area is 119 Å². The number of nitrogens with two attached hydrogens (primary N) is 1. The molecule has 0 aliphatic carbocycles. The highest BCUT2D eigenvalue weighted by Gasteiger charge is 2.26. The number of nitrogens with zero attached hydrogens (tertiary/aromatic N) is 1. The first-order chi connectivity index (χ1) is 9.60. The summed E-state index contributed by atoms with van der Waals surface area (Å²) >= 11 is 0. The van der Waals surface area contributed by atoms with Gasteiger partial charge < -0.3 is 11.1 Å². The minimum absolute atomic E-state index is 0.173. The lowest BCUT2D eigenvalue weighted by molar-refractivity contribution is -0.117. The molecule has 5 heteroatoms. The van der Waals surface area contributed by atoms with Crippen molar-refractivity contribution in [3.63, 3.8) is 0 Å². The van der Waals surface area contributed by atoms with Gasteiger partial charge in [-0.25, -0.2) is 4.39 Å². The zero-order valence-electron chi connectivity index (χ0n) is 11.8. The highest BCUT2D eigenvalue weighted by atomic mass is 19.1. The Morgan fingerprint density at radius 1 is 1.50 bits per heavy atom. The number of rotatable bonds is 4. The van der Waals surface area contributed by atoms with E-state index < -0.39 is 5.82 Å². The highest BCUT2D eigenvalue weighted by Crippen LogP contribution is 2.22. The molecule has 20 heavy (non-hydrogen) atoms. The van der Waals surface area contributed by atoms with Gasteiger partial charge in [-0.2, -0.15) is 0 Å². The van der Waals surface area contributed by atoms with E-state index in [4.69, 9.17) is 5.73 Å². The lowest BCUT2D eigenvalue weighted by Crippen LogP contribution is -2.44. The Bertz CT molecular complexity index is 466. The zero-order chi connectivity index (χ0) is 14.5. The molecular weight excluding hydrogens is 257 g/mol. The van der Waals surface area contributed by atoms with Gasteiger partial charge in [0.25, 0.3) is 0 Å². The maximum Gasteiger partial charge on any atom is 0.238 e. The van der Waals surface area contributed by atoms with Crippen LogP contribution in [0.5, 0.6) is 0 Å². The molecule has 4 nitrogen and oxygen atoms in total. The summed E-state index contributed by atoms with van der Waals surface area (Å²) in [4.78, 5) is 14.1. The minimum Gasteiger partial charge on any atom is -0.330 e. The average molecular weight is 279 g/mol. The topological polar surface area (TPSA) is 58.4 Å². The third-order valence-corrected chi connectivity index (χ3v) is 3.98. The van der Waals surface area contributed by atoms with Gasteiger partial charge in [0.05, 0.1) is 12.2 Å². The number of likely N-dealkylation sites (tertiary alicyclic amines) is 1. The normalized spacial score (nSPS) is 23.6. The van der Waals surface area contributed by atoms with Crippen molar-refractivity contribution in [2.75, 3.05) is 31.5 Å². The SMILES string of the molecule is CC1CN(CC(=O)Nc2ccccc2F)CCC1CN. The number of anilines is 1. The average Bonchev–Trinajstić information content (AvgIpc) is 2.41. The van der Waals surface area contributed by atoms with Crippen LogP contribution in [0, 0.1) is 17.7 Å². The first-order valence-corrected chi connectivity index (χ1v) is 7.07. The van der Waals surface area contributed by atoms with Gasteiger partial charge in [0.15, 0.2) is 0 Å². The van der Waals surface area contributed by atoms with Crippen molar-refractivity contribution in [1.29, 1.82) is 0 Å². The Kier molecular flexibility index (Phi) is 5.09. The van der Waals surface area contributed by atoms with E-state index in [1.54, 1.807) is 18.2 Å². The summed E-state index contributed by atoms with van der Waals surface area (Å²) in [6, 6.07) is 6.21. The second-order valence-corrected chi connectivity index (χ2v) is 5.52. The Balaban J connectivity index is 1.85. The van der Waals surface area contributed by atoms with Crippen LogP contribution in [-0.2, 0) is 4.79 Å². The molecule has 0 bridgehead atoms. The number of hydrogen-bond donors (Lipinski definition) is 2. The van der Waals surface area contributed by atoms with Crippen molar-refractivity contribution in [3.8, 4) is 0 Å². The van der Waals surface area contributed by atoms with Gasteiger partial charge in [0, 0.05) is 6.54 Å². The molecule has 0 spiro atoms. The van der Waals surface area contributed by atoms with E-state index in [9.17, 15) is 9.18 Å². The summed E-state index contributed by atoms with van der Waals surface area (Å²) in [5, 5.41) is 2.62. The number of carbonyl (C=O) groups excluding carboxylic acids is 1. The first kappa shape index (κ1) is 14.9. The Morgan fingerprint density at radius 2 is 2.25 bits per heavy atom. The molecule has 2 atom stereocenters. The van der Waals surface area contributed by atoms with E-state index in [1.165, 1.54) is 6.07 Å². The van der Waals surface area contributed by atoms with E-state index in [0.29, 0.717) is 24.9 Å². The van der Waals surface area contributed by atoms with Crippen molar-refractivity contribution in [1.82, 2.24) is 4.90 Å². The number of hydrogen-bond acceptors (Lipinski definition) is 3. The molecule has 1 amide bonds. The van der Waals surface area contributed by atoms with Gasteiger partial charge in [0.1, 0.15) is 5.82 Å². The fourth-order valence-corrected chi connectivity index (χ4v) is 2.73. The van der Waals surface area contributed by atoms with Gasteiger partial charge in [0.2, 0.25) is 5.91 Å². The monoisotopic (exact) mass is 279 g/mol. The van der Waals surface area contributed by atoms with Crippen LogP contribution in [0.3, 0.4) is 0 Å². The summed E-state index contributed by atoms with van der Waals surface area (Å²) in [6.07, 6.45) is 1.02. The van der Waals surface area contributed by atoms with Crippen molar-refractivity contribution in [2.45, 2.75) is 13.3 Å². The lowest BCUT2D eigenvalue weighted by atomic mass is 9.87. The first-order valence-electron chi connectivity index (χ1n) is 7.07. The maximum atomic E-state index is 13.4. The summed E-state index contributed by atoms with van der Waals surface area (Å²) in [5.74, 6) is 0.459. The predicted octanol–water partition coefficient (Wildman–Crippen LogP) is 1.68. The van der Waals surface area contributed by atoms with Crippen LogP contribution in [0.15, 0.2) is 24.3 Å². The van der Waals surface area contributed by atoms with Crippen LogP contribution in [-0.4, -0.2) is 37.0 Å². The molecule has 110 valence electrons. The highest BCUT2D eigenvalue weighted by molar-refractivity contribution is 5.92. The van der Waals surface area contributed by atoms with Crippen molar-refractivity contribution < 1.29 is 9.18 Å². The van der Waals surface area contributed by atoms with Gasteiger partial charge >= 0.3 is 0 Å². The maximum absolute atomic E-state index is 13.4. The quantitative estimate of drug-likeness (QED) is 0.881. The summed E-state index contributed by atoms with van der Waals surface area (Å²) < 4.78 is 13.4. The molecule has 1 fully saturated rings. The Morgan fingerprint density at radius 3 is 2.90 bits per heavy atom. The predicted molar refractivity (Wildman–Crippen MR) is 77.8 cm³/mol. The van der Waals surface area contributed by atoms with E-state index in [1.807, 2.05) is 0 Å². The molecule has 2 rings (SSSR count). The van der Waals surface area contributed by atoms with Crippen LogP contribution < -0.4 is 11.1 Å². The summed E-state index contributed by atoms with van der Waals surface area (Å²) in [5.41, 5.74) is 5.96. The van der Waals surface area contributed by atoms with Crippen LogP contribution in [0.1, 0.15) is 13.3 Å². The standard InChI is InChI=1S/C15H22FN3O/c1-11-9-19(7-6-12(11)8-17)10-15(20)18-14-5-3-2-4-13(14)16/h2-5,11-12H,6-10,17H2,1H3,(H,18,20). The summed E-state index contributed by atoms with van der Waals surface area (Å²) in [7, 11) is 0. The third-order valence-electron chi connectivity index (χ3n) is 3.98. The number of piperidine rings is 1. The molecule has 1 heterocycles. The van der Waals surface area contributed by atoms with Crippen LogP contribution in [0.4, 0.5) is 10.1 Å².